The van der Waals surface area contributed by atoms with Crippen LogP contribution in [-0.2, 0) is 9.59 Å². The molecule has 0 aromatic rings. The predicted molar refractivity (Wildman–Crippen MR) is 70.0 cm³/mol. The van der Waals surface area contributed by atoms with Crippen molar-refractivity contribution in [2.45, 2.75) is 51.4 Å². The van der Waals surface area contributed by atoms with Gasteiger partial charge in [-0.25, -0.2) is 0 Å². The van der Waals surface area contributed by atoms with Gasteiger partial charge in [-0.1, -0.05) is 19.3 Å². The number of likely N-dealkylation sites (tertiary alicyclic amines) is 1. The van der Waals surface area contributed by atoms with Gasteiger partial charge in [-0.05, 0) is 25.7 Å². The Bertz CT molecular complexity index is 298. The van der Waals surface area contributed by atoms with Crippen molar-refractivity contribution in [3.8, 4) is 0 Å². The molecular weight excluding hydrogens is 228 g/mol. The van der Waals surface area contributed by atoms with Crippen LogP contribution in [0.3, 0.4) is 0 Å². The molecule has 0 atom stereocenters. The van der Waals surface area contributed by atoms with Gasteiger partial charge in [0.15, 0.2) is 0 Å². The summed E-state index contributed by atoms with van der Waals surface area (Å²) in [5.41, 5.74) is 0. The van der Waals surface area contributed by atoms with E-state index in [-0.39, 0.29) is 17.7 Å². The van der Waals surface area contributed by atoms with Gasteiger partial charge in [-0.15, -0.1) is 0 Å². The largest absolute Gasteiger partial charge is 0.354 e. The summed E-state index contributed by atoms with van der Waals surface area (Å²) < 4.78 is 0. The SMILES string of the molecule is O=C(NCCN1CCCCC1=O)C1CCCCC1. The maximum Gasteiger partial charge on any atom is 0.223 e. The molecule has 1 heterocycles. The van der Waals surface area contributed by atoms with Crippen LogP contribution in [0, 0.1) is 5.92 Å². The van der Waals surface area contributed by atoms with Crippen molar-refractivity contribution in [3.63, 3.8) is 0 Å². The number of nitrogens with zero attached hydrogens (tertiary/aromatic N) is 1. The molecule has 0 spiro atoms. The Kier molecular flexibility index (Phi) is 5.02. The Labute approximate surface area is 109 Å². The number of piperidine rings is 1. The molecule has 102 valence electrons. The molecule has 0 radical (unpaired) electrons. The summed E-state index contributed by atoms with van der Waals surface area (Å²) in [6, 6.07) is 0. The first kappa shape index (κ1) is 13.4. The minimum atomic E-state index is 0.194. The zero-order valence-electron chi connectivity index (χ0n) is 11.1. The molecule has 2 aliphatic rings. The zero-order chi connectivity index (χ0) is 12.8. The molecule has 4 nitrogen and oxygen atoms in total. The Morgan fingerprint density at radius 3 is 2.67 bits per heavy atom. The van der Waals surface area contributed by atoms with E-state index in [2.05, 4.69) is 5.32 Å². The van der Waals surface area contributed by atoms with Gasteiger partial charge in [0.1, 0.15) is 0 Å². The van der Waals surface area contributed by atoms with Crippen molar-refractivity contribution < 1.29 is 9.59 Å². The highest BCUT2D eigenvalue weighted by Gasteiger charge is 2.21. The molecule has 2 rings (SSSR count). The molecule has 1 aliphatic heterocycles. The summed E-state index contributed by atoms with van der Waals surface area (Å²) >= 11 is 0. The van der Waals surface area contributed by atoms with Crippen LogP contribution in [0.4, 0.5) is 0 Å². The van der Waals surface area contributed by atoms with Crippen LogP contribution >= 0.6 is 0 Å². The topological polar surface area (TPSA) is 49.4 Å². The lowest BCUT2D eigenvalue weighted by Crippen LogP contribution is -2.42. The van der Waals surface area contributed by atoms with E-state index >= 15 is 0 Å². The van der Waals surface area contributed by atoms with Gasteiger partial charge in [-0.3, -0.25) is 9.59 Å². The third kappa shape index (κ3) is 3.72. The summed E-state index contributed by atoms with van der Waals surface area (Å²) in [5, 5.41) is 2.99. The van der Waals surface area contributed by atoms with Crippen LogP contribution in [0.1, 0.15) is 51.4 Å². The number of hydrogen-bond acceptors (Lipinski definition) is 2. The fourth-order valence-corrected chi connectivity index (χ4v) is 2.92. The van der Waals surface area contributed by atoms with Crippen LogP contribution in [0.15, 0.2) is 0 Å². The van der Waals surface area contributed by atoms with Crippen molar-refractivity contribution in [1.29, 1.82) is 0 Å². The molecule has 1 aliphatic carbocycles. The number of rotatable bonds is 4. The Hall–Kier alpha value is -1.06. The number of carbonyl (C=O) groups is 2. The molecule has 1 saturated heterocycles. The van der Waals surface area contributed by atoms with E-state index < -0.39 is 0 Å². The third-order valence-corrected chi connectivity index (χ3v) is 4.08. The summed E-state index contributed by atoms with van der Waals surface area (Å²) in [4.78, 5) is 25.4. The lowest BCUT2D eigenvalue weighted by Gasteiger charge is -2.27. The van der Waals surface area contributed by atoms with Crippen molar-refractivity contribution in [3.05, 3.63) is 0 Å². The summed E-state index contributed by atoms with van der Waals surface area (Å²) in [5.74, 6) is 0.656. The molecule has 0 aromatic carbocycles. The van der Waals surface area contributed by atoms with Crippen molar-refractivity contribution in [1.82, 2.24) is 10.2 Å². The normalized spacial score (nSPS) is 22.0. The van der Waals surface area contributed by atoms with Gasteiger partial charge < -0.3 is 10.2 Å². The van der Waals surface area contributed by atoms with Gasteiger partial charge in [0.25, 0.3) is 0 Å². The Morgan fingerprint density at radius 2 is 1.94 bits per heavy atom. The van der Waals surface area contributed by atoms with Gasteiger partial charge in [0.2, 0.25) is 11.8 Å². The highest BCUT2D eigenvalue weighted by Crippen LogP contribution is 2.23. The average molecular weight is 252 g/mol. The standard InChI is InChI=1S/C14H24N2O2/c17-13-8-4-5-10-16(13)11-9-15-14(18)12-6-2-1-3-7-12/h12H,1-11H2,(H,15,18). The molecule has 2 fully saturated rings. The van der Waals surface area contributed by atoms with E-state index in [9.17, 15) is 9.59 Å². The molecular formula is C14H24N2O2. The van der Waals surface area contributed by atoms with E-state index in [1.54, 1.807) is 0 Å². The molecule has 1 saturated carbocycles. The third-order valence-electron chi connectivity index (χ3n) is 4.08. The van der Waals surface area contributed by atoms with E-state index in [0.29, 0.717) is 19.5 Å². The van der Waals surface area contributed by atoms with Crippen molar-refractivity contribution in [2.75, 3.05) is 19.6 Å². The zero-order valence-corrected chi connectivity index (χ0v) is 11.1. The quantitative estimate of drug-likeness (QED) is 0.828. The fourth-order valence-electron chi connectivity index (χ4n) is 2.92. The first-order chi connectivity index (χ1) is 8.77. The van der Waals surface area contributed by atoms with Crippen LogP contribution in [0.25, 0.3) is 0 Å². The molecule has 0 aromatic heterocycles. The fraction of sp³-hybridized carbons (Fsp3) is 0.857. The summed E-state index contributed by atoms with van der Waals surface area (Å²) in [6.07, 6.45) is 8.50. The molecule has 4 heteroatoms. The Morgan fingerprint density at radius 1 is 1.17 bits per heavy atom. The minimum Gasteiger partial charge on any atom is -0.354 e. The van der Waals surface area contributed by atoms with Crippen molar-refractivity contribution >= 4 is 11.8 Å². The van der Waals surface area contributed by atoms with E-state index in [0.717, 1.165) is 32.2 Å². The second-order valence-electron chi connectivity index (χ2n) is 5.46. The minimum absolute atomic E-state index is 0.194. The second kappa shape index (κ2) is 6.76. The highest BCUT2D eigenvalue weighted by molar-refractivity contribution is 5.79. The molecule has 0 unspecified atom stereocenters. The lowest BCUT2D eigenvalue weighted by atomic mass is 9.89. The second-order valence-corrected chi connectivity index (χ2v) is 5.46. The van der Waals surface area contributed by atoms with Crippen LogP contribution < -0.4 is 5.32 Å². The summed E-state index contributed by atoms with van der Waals surface area (Å²) in [7, 11) is 0. The smallest absolute Gasteiger partial charge is 0.223 e. The Balaban J connectivity index is 1.64. The molecule has 0 bridgehead atoms. The van der Waals surface area contributed by atoms with Gasteiger partial charge in [0.05, 0.1) is 0 Å². The molecule has 18 heavy (non-hydrogen) atoms. The maximum absolute atomic E-state index is 11.9. The highest BCUT2D eigenvalue weighted by atomic mass is 16.2. The van der Waals surface area contributed by atoms with Crippen LogP contribution in [0.5, 0.6) is 0 Å². The lowest BCUT2D eigenvalue weighted by molar-refractivity contribution is -0.134. The van der Waals surface area contributed by atoms with E-state index in [1.807, 2.05) is 4.90 Å². The van der Waals surface area contributed by atoms with Crippen molar-refractivity contribution in [2.24, 2.45) is 5.92 Å². The maximum atomic E-state index is 11.9. The molecule has 2 amide bonds. The number of hydrogen-bond donors (Lipinski definition) is 1. The number of amides is 2. The van der Waals surface area contributed by atoms with Crippen LogP contribution in [-0.4, -0.2) is 36.3 Å². The first-order valence-electron chi connectivity index (χ1n) is 7.33. The number of carbonyl (C=O) groups excluding carboxylic acids is 2. The monoisotopic (exact) mass is 252 g/mol. The number of nitrogens with one attached hydrogen (secondary N) is 1. The first-order valence-corrected chi connectivity index (χ1v) is 7.33. The van der Waals surface area contributed by atoms with Gasteiger partial charge >= 0.3 is 0 Å². The van der Waals surface area contributed by atoms with Gasteiger partial charge in [0, 0.05) is 32.0 Å². The average Bonchev–Trinajstić information content (AvgIpc) is 2.42. The van der Waals surface area contributed by atoms with Gasteiger partial charge in [-0.2, -0.15) is 0 Å². The predicted octanol–water partition coefficient (Wildman–Crippen LogP) is 1.70. The van der Waals surface area contributed by atoms with Crippen LogP contribution in [0.2, 0.25) is 0 Å². The van der Waals surface area contributed by atoms with E-state index in [1.165, 1.54) is 19.3 Å². The summed E-state index contributed by atoms with van der Waals surface area (Å²) in [6.45, 7) is 2.15. The van der Waals surface area contributed by atoms with E-state index in [4.69, 9.17) is 0 Å². The molecule has 1 N–H and O–H groups in total.